The van der Waals surface area contributed by atoms with E-state index < -0.39 is 0 Å². The summed E-state index contributed by atoms with van der Waals surface area (Å²) >= 11 is 0. The zero-order valence-electron chi connectivity index (χ0n) is 14.6. The summed E-state index contributed by atoms with van der Waals surface area (Å²) in [6.07, 6.45) is 1.90. The summed E-state index contributed by atoms with van der Waals surface area (Å²) in [6, 6.07) is 4.18. The van der Waals surface area contributed by atoms with Crippen LogP contribution < -0.4 is 16.0 Å². The van der Waals surface area contributed by atoms with Gasteiger partial charge in [-0.15, -0.1) is 0 Å². The van der Waals surface area contributed by atoms with E-state index in [0.29, 0.717) is 18.4 Å². The SMILES string of the molecule is CCN1CCN(c2ccc(CN=C(N)NCC(C)C)cn2)CC1. The maximum atomic E-state index is 5.85. The van der Waals surface area contributed by atoms with Crippen molar-refractivity contribution in [3.63, 3.8) is 0 Å². The third kappa shape index (κ3) is 5.71. The Kier molecular flexibility index (Phi) is 6.65. The number of rotatable bonds is 6. The standard InChI is InChI=1S/C17H30N6/c1-4-22-7-9-23(10-8-22)16-6-5-15(12-19-16)13-21-17(18)20-11-14(2)3/h5-6,12,14H,4,7-11,13H2,1-3H3,(H3,18,20,21). The van der Waals surface area contributed by atoms with Gasteiger partial charge in [0.15, 0.2) is 5.96 Å². The molecule has 1 aliphatic heterocycles. The molecule has 0 spiro atoms. The molecule has 0 bridgehead atoms. The number of piperazine rings is 1. The molecule has 3 N–H and O–H groups in total. The van der Waals surface area contributed by atoms with Gasteiger partial charge in [0.2, 0.25) is 0 Å². The molecule has 1 fully saturated rings. The molecule has 0 amide bonds. The van der Waals surface area contributed by atoms with E-state index in [2.05, 4.69) is 58.0 Å². The fourth-order valence-corrected chi connectivity index (χ4v) is 2.53. The van der Waals surface area contributed by atoms with Crippen LogP contribution in [0.5, 0.6) is 0 Å². The molecule has 0 saturated carbocycles. The van der Waals surface area contributed by atoms with E-state index in [0.717, 1.165) is 50.6 Å². The molecule has 0 atom stereocenters. The van der Waals surface area contributed by atoms with Crippen molar-refractivity contribution < 1.29 is 0 Å². The maximum absolute atomic E-state index is 5.85. The fourth-order valence-electron chi connectivity index (χ4n) is 2.53. The Bertz CT molecular complexity index is 488. The van der Waals surface area contributed by atoms with Crippen molar-refractivity contribution in [3.8, 4) is 0 Å². The second-order valence-corrected chi connectivity index (χ2v) is 6.42. The molecule has 2 heterocycles. The number of nitrogens with one attached hydrogen (secondary N) is 1. The van der Waals surface area contributed by atoms with Crippen LogP contribution in [-0.2, 0) is 6.54 Å². The van der Waals surface area contributed by atoms with Gasteiger partial charge in [-0.3, -0.25) is 0 Å². The van der Waals surface area contributed by atoms with E-state index in [-0.39, 0.29) is 0 Å². The minimum atomic E-state index is 0.499. The Morgan fingerprint density at radius 1 is 1.30 bits per heavy atom. The molecule has 1 aromatic rings. The van der Waals surface area contributed by atoms with Crippen molar-refractivity contribution in [2.45, 2.75) is 27.3 Å². The number of nitrogens with zero attached hydrogens (tertiary/aromatic N) is 4. The predicted octanol–water partition coefficient (Wildman–Crippen LogP) is 1.28. The molecular weight excluding hydrogens is 288 g/mol. The van der Waals surface area contributed by atoms with Crippen LogP contribution in [0.3, 0.4) is 0 Å². The van der Waals surface area contributed by atoms with Gasteiger partial charge in [0.1, 0.15) is 5.82 Å². The second kappa shape index (κ2) is 8.72. The highest BCUT2D eigenvalue weighted by atomic mass is 15.3. The van der Waals surface area contributed by atoms with Crippen LogP contribution in [0.1, 0.15) is 26.3 Å². The number of anilines is 1. The molecule has 0 radical (unpaired) electrons. The molecule has 23 heavy (non-hydrogen) atoms. The Labute approximate surface area is 139 Å². The average Bonchev–Trinajstić information content (AvgIpc) is 2.58. The number of pyridine rings is 1. The summed E-state index contributed by atoms with van der Waals surface area (Å²) < 4.78 is 0. The monoisotopic (exact) mass is 318 g/mol. The van der Waals surface area contributed by atoms with Gasteiger partial charge in [0, 0.05) is 38.9 Å². The lowest BCUT2D eigenvalue weighted by Crippen LogP contribution is -2.46. The van der Waals surface area contributed by atoms with Crippen LogP contribution in [0.25, 0.3) is 0 Å². The first-order chi connectivity index (χ1) is 11.1. The lowest BCUT2D eigenvalue weighted by molar-refractivity contribution is 0.270. The third-order valence-corrected chi connectivity index (χ3v) is 4.08. The molecule has 0 aliphatic carbocycles. The van der Waals surface area contributed by atoms with Crippen LogP contribution in [0, 0.1) is 5.92 Å². The van der Waals surface area contributed by atoms with Crippen LogP contribution in [0.15, 0.2) is 23.3 Å². The molecule has 2 rings (SSSR count). The first-order valence-electron chi connectivity index (χ1n) is 8.54. The van der Waals surface area contributed by atoms with Crippen molar-refractivity contribution in [2.24, 2.45) is 16.6 Å². The molecule has 128 valence electrons. The molecule has 6 heteroatoms. The van der Waals surface area contributed by atoms with Crippen LogP contribution >= 0.6 is 0 Å². The van der Waals surface area contributed by atoms with E-state index >= 15 is 0 Å². The van der Waals surface area contributed by atoms with E-state index in [1.165, 1.54) is 0 Å². The lowest BCUT2D eigenvalue weighted by Gasteiger charge is -2.34. The minimum absolute atomic E-state index is 0.499. The number of likely N-dealkylation sites (N-methyl/N-ethyl adjacent to an activating group) is 1. The van der Waals surface area contributed by atoms with Crippen molar-refractivity contribution in [1.29, 1.82) is 0 Å². The van der Waals surface area contributed by atoms with Gasteiger partial charge >= 0.3 is 0 Å². The molecule has 1 saturated heterocycles. The highest BCUT2D eigenvalue weighted by Crippen LogP contribution is 2.14. The van der Waals surface area contributed by atoms with Crippen molar-refractivity contribution in [1.82, 2.24) is 15.2 Å². The molecule has 1 aliphatic rings. The third-order valence-electron chi connectivity index (χ3n) is 4.08. The predicted molar refractivity (Wildman–Crippen MR) is 96.7 cm³/mol. The Balaban J connectivity index is 1.84. The van der Waals surface area contributed by atoms with Gasteiger partial charge in [0.25, 0.3) is 0 Å². The summed E-state index contributed by atoms with van der Waals surface area (Å²) in [6.45, 7) is 13.4. The van der Waals surface area contributed by atoms with Crippen LogP contribution in [-0.4, -0.2) is 55.1 Å². The number of hydrogen-bond donors (Lipinski definition) is 2. The number of aromatic nitrogens is 1. The van der Waals surface area contributed by atoms with E-state index in [1.807, 2.05) is 6.20 Å². The fraction of sp³-hybridized carbons (Fsp3) is 0.647. The molecule has 1 aromatic heterocycles. The highest BCUT2D eigenvalue weighted by molar-refractivity contribution is 5.77. The van der Waals surface area contributed by atoms with Gasteiger partial charge in [-0.25, -0.2) is 9.98 Å². The van der Waals surface area contributed by atoms with Crippen LogP contribution in [0.4, 0.5) is 5.82 Å². The summed E-state index contributed by atoms with van der Waals surface area (Å²) in [7, 11) is 0. The topological polar surface area (TPSA) is 69.8 Å². The van der Waals surface area contributed by atoms with Gasteiger partial charge in [-0.2, -0.15) is 0 Å². The zero-order chi connectivity index (χ0) is 16.7. The Hall–Kier alpha value is -1.82. The summed E-state index contributed by atoms with van der Waals surface area (Å²) in [5.41, 5.74) is 6.93. The highest BCUT2D eigenvalue weighted by Gasteiger charge is 2.16. The van der Waals surface area contributed by atoms with Crippen molar-refractivity contribution >= 4 is 11.8 Å². The zero-order valence-corrected chi connectivity index (χ0v) is 14.6. The largest absolute Gasteiger partial charge is 0.370 e. The first kappa shape index (κ1) is 17.5. The minimum Gasteiger partial charge on any atom is -0.370 e. The smallest absolute Gasteiger partial charge is 0.188 e. The Morgan fingerprint density at radius 3 is 2.61 bits per heavy atom. The molecule has 0 unspecified atom stereocenters. The van der Waals surface area contributed by atoms with Crippen LogP contribution in [0.2, 0.25) is 0 Å². The van der Waals surface area contributed by atoms with E-state index in [1.54, 1.807) is 0 Å². The van der Waals surface area contributed by atoms with E-state index in [9.17, 15) is 0 Å². The van der Waals surface area contributed by atoms with Crippen molar-refractivity contribution in [2.75, 3.05) is 44.2 Å². The van der Waals surface area contributed by atoms with E-state index in [4.69, 9.17) is 5.73 Å². The first-order valence-corrected chi connectivity index (χ1v) is 8.54. The number of hydrogen-bond acceptors (Lipinski definition) is 4. The summed E-state index contributed by atoms with van der Waals surface area (Å²) in [5.74, 6) is 2.11. The average molecular weight is 318 g/mol. The Morgan fingerprint density at radius 2 is 2.04 bits per heavy atom. The summed E-state index contributed by atoms with van der Waals surface area (Å²) in [5, 5.41) is 3.12. The summed E-state index contributed by atoms with van der Waals surface area (Å²) in [4.78, 5) is 13.7. The number of nitrogens with two attached hydrogens (primary N) is 1. The normalized spacial score (nSPS) is 16.9. The van der Waals surface area contributed by atoms with Gasteiger partial charge < -0.3 is 20.9 Å². The molecular formula is C17H30N6. The van der Waals surface area contributed by atoms with Crippen molar-refractivity contribution in [3.05, 3.63) is 23.9 Å². The maximum Gasteiger partial charge on any atom is 0.188 e. The van der Waals surface area contributed by atoms with Gasteiger partial charge in [-0.05, 0) is 24.1 Å². The number of aliphatic imine (C=N–C) groups is 1. The quantitative estimate of drug-likeness (QED) is 0.611. The van der Waals surface area contributed by atoms with Gasteiger partial charge in [-0.1, -0.05) is 26.8 Å². The lowest BCUT2D eigenvalue weighted by atomic mass is 10.2. The number of guanidine groups is 1. The molecule has 6 nitrogen and oxygen atoms in total. The molecule has 0 aromatic carbocycles. The van der Waals surface area contributed by atoms with Gasteiger partial charge in [0.05, 0.1) is 6.54 Å². The second-order valence-electron chi connectivity index (χ2n) is 6.42.